The average Bonchev–Trinajstić information content (AvgIpc) is 3.11. The van der Waals surface area contributed by atoms with Gasteiger partial charge in [-0.25, -0.2) is 0 Å². The molecule has 0 atom stereocenters. The lowest BCUT2D eigenvalue weighted by molar-refractivity contribution is -0.116. The number of hydrogen-bond donors (Lipinski definition) is 2. The Kier molecular flexibility index (Phi) is 23.8. The summed E-state index contributed by atoms with van der Waals surface area (Å²) in [6.07, 6.45) is 5.02. The number of aldehydes is 1. The zero-order chi connectivity index (χ0) is 37.0. The summed E-state index contributed by atoms with van der Waals surface area (Å²) in [6.45, 7) is 23.6. The second kappa shape index (κ2) is 26.7. The molecule has 0 saturated carbocycles. The fourth-order valence-corrected chi connectivity index (χ4v) is 3.63. The highest BCUT2D eigenvalue weighted by Crippen LogP contribution is 2.24. The van der Waals surface area contributed by atoms with Gasteiger partial charge in [0, 0.05) is 42.5 Å². The van der Waals surface area contributed by atoms with Crippen molar-refractivity contribution < 1.29 is 19.1 Å². The minimum absolute atomic E-state index is 0.0254. The number of aryl methyl sites for hydroxylation is 1. The van der Waals surface area contributed by atoms with Gasteiger partial charge in [0.1, 0.15) is 29.3 Å². The molecule has 0 aliphatic rings. The molecule has 262 valence electrons. The van der Waals surface area contributed by atoms with Crippen molar-refractivity contribution in [3.63, 3.8) is 0 Å². The van der Waals surface area contributed by atoms with Gasteiger partial charge in [0.25, 0.3) is 0 Å². The van der Waals surface area contributed by atoms with Crippen LogP contribution in [0.1, 0.15) is 70.8 Å². The number of amides is 1. The number of nitrogens with one attached hydrogen (secondary N) is 2. The molecular weight excluding hydrogens is 608 g/mol. The van der Waals surface area contributed by atoms with Crippen LogP contribution >= 0.6 is 0 Å². The van der Waals surface area contributed by atoms with Crippen molar-refractivity contribution in [2.24, 2.45) is 5.92 Å². The van der Waals surface area contributed by atoms with E-state index in [1.807, 2.05) is 160 Å². The molecule has 6 heteroatoms. The van der Waals surface area contributed by atoms with Crippen molar-refractivity contribution in [2.45, 2.75) is 61.8 Å². The second-order valence-electron chi connectivity index (χ2n) is 10.6. The maximum Gasteiger partial charge on any atom is 0.224 e. The Morgan fingerprint density at radius 3 is 1.86 bits per heavy atom. The minimum atomic E-state index is 0.0254. The molecule has 0 heterocycles. The highest BCUT2D eigenvalue weighted by molar-refractivity contribution is 5.91. The van der Waals surface area contributed by atoms with Crippen LogP contribution in [0.3, 0.4) is 0 Å². The molecule has 4 rings (SSSR count). The Morgan fingerprint density at radius 2 is 1.33 bits per heavy atom. The molecule has 49 heavy (non-hydrogen) atoms. The molecule has 0 aromatic heterocycles. The van der Waals surface area contributed by atoms with E-state index < -0.39 is 0 Å². The topological polar surface area (TPSA) is 76.7 Å². The standard InChI is InChI=1S/C18H21NO2.C14H17NO.C7H6O.2C2H6/c1-13(2)11-18(20)19-15-5-4-6-17(12-15)21-16-9-7-14(3)8-10-16;1-11(2)8-9-12(3)16-14-7-5-6-13(10-14)15-4;8-6-7-4-2-1-3-5-7;2*1-2/h4-10,12-13H,11H2,1-3H3,(H,19,20);5-10,15H,1,3H2,2,4H3;1-6H;2*1-2H3/b;9-8-;;;. The highest BCUT2D eigenvalue weighted by atomic mass is 16.5. The summed E-state index contributed by atoms with van der Waals surface area (Å²) < 4.78 is 11.3. The Labute approximate surface area is 295 Å². The van der Waals surface area contributed by atoms with Crippen LogP contribution in [0.4, 0.5) is 11.4 Å². The first-order chi connectivity index (χ1) is 23.6. The van der Waals surface area contributed by atoms with Crippen molar-refractivity contribution in [1.82, 2.24) is 0 Å². The van der Waals surface area contributed by atoms with E-state index in [2.05, 4.69) is 23.8 Å². The summed E-state index contributed by atoms with van der Waals surface area (Å²) in [5.41, 5.74) is 4.65. The first-order valence-electron chi connectivity index (χ1n) is 16.7. The number of carbonyl (C=O) groups excluding carboxylic acids is 2. The van der Waals surface area contributed by atoms with E-state index in [9.17, 15) is 9.59 Å². The summed E-state index contributed by atoms with van der Waals surface area (Å²) in [7, 11) is 1.87. The van der Waals surface area contributed by atoms with Gasteiger partial charge in [-0.3, -0.25) is 9.59 Å². The molecule has 0 aliphatic carbocycles. The normalized spacial score (nSPS) is 9.43. The fourth-order valence-electron chi connectivity index (χ4n) is 3.63. The first kappa shape index (κ1) is 43.6. The molecular formula is C43H56N2O4. The molecule has 2 N–H and O–H groups in total. The van der Waals surface area contributed by atoms with Crippen molar-refractivity contribution in [3.8, 4) is 17.2 Å². The average molecular weight is 665 g/mol. The van der Waals surface area contributed by atoms with Crippen LogP contribution in [-0.4, -0.2) is 19.2 Å². The van der Waals surface area contributed by atoms with Crippen LogP contribution in [-0.2, 0) is 4.79 Å². The maximum atomic E-state index is 11.8. The van der Waals surface area contributed by atoms with Gasteiger partial charge in [-0.2, -0.15) is 0 Å². The molecule has 0 aliphatic heterocycles. The van der Waals surface area contributed by atoms with E-state index in [0.717, 1.165) is 40.3 Å². The van der Waals surface area contributed by atoms with Gasteiger partial charge in [-0.05, 0) is 62.2 Å². The quantitative estimate of drug-likeness (QED) is 0.0948. The highest BCUT2D eigenvalue weighted by Gasteiger charge is 2.06. The maximum absolute atomic E-state index is 11.8. The van der Waals surface area contributed by atoms with Crippen LogP contribution < -0.4 is 20.1 Å². The molecule has 0 saturated heterocycles. The van der Waals surface area contributed by atoms with E-state index in [1.165, 1.54) is 5.56 Å². The minimum Gasteiger partial charge on any atom is -0.458 e. The van der Waals surface area contributed by atoms with Gasteiger partial charge in [-0.15, -0.1) is 0 Å². The first-order valence-corrected chi connectivity index (χ1v) is 16.7. The van der Waals surface area contributed by atoms with Crippen molar-refractivity contribution in [2.75, 3.05) is 17.7 Å². The molecule has 6 nitrogen and oxygen atoms in total. The number of rotatable bonds is 11. The molecule has 1 amide bonds. The Balaban J connectivity index is 0.000000724. The van der Waals surface area contributed by atoms with Crippen molar-refractivity contribution in [1.29, 1.82) is 0 Å². The van der Waals surface area contributed by atoms with Crippen LogP contribution in [0.25, 0.3) is 0 Å². The summed E-state index contributed by atoms with van der Waals surface area (Å²) in [6, 6.07) is 32.1. The Morgan fingerprint density at radius 1 is 0.755 bits per heavy atom. The van der Waals surface area contributed by atoms with Crippen LogP contribution in [0.2, 0.25) is 0 Å². The van der Waals surface area contributed by atoms with Gasteiger partial charge in [0.2, 0.25) is 5.91 Å². The van der Waals surface area contributed by atoms with Crippen LogP contribution in [0, 0.1) is 12.8 Å². The molecule has 0 fully saturated rings. The zero-order valence-electron chi connectivity index (χ0n) is 30.9. The van der Waals surface area contributed by atoms with Gasteiger partial charge in [0.05, 0.1) is 0 Å². The van der Waals surface area contributed by atoms with E-state index in [1.54, 1.807) is 18.2 Å². The fraction of sp³-hybridized carbons (Fsp3) is 0.256. The summed E-state index contributed by atoms with van der Waals surface area (Å²) >= 11 is 0. The van der Waals surface area contributed by atoms with E-state index in [4.69, 9.17) is 9.47 Å². The third-order valence-corrected chi connectivity index (χ3v) is 5.83. The molecule has 4 aromatic rings. The predicted octanol–water partition coefficient (Wildman–Crippen LogP) is 12.1. The lowest BCUT2D eigenvalue weighted by Gasteiger charge is -2.10. The van der Waals surface area contributed by atoms with E-state index in [-0.39, 0.29) is 5.91 Å². The largest absolute Gasteiger partial charge is 0.458 e. The number of ether oxygens (including phenoxy) is 2. The number of carbonyl (C=O) groups is 2. The number of allylic oxidation sites excluding steroid dienone is 3. The monoisotopic (exact) mass is 664 g/mol. The van der Waals surface area contributed by atoms with E-state index >= 15 is 0 Å². The molecule has 0 unspecified atom stereocenters. The molecule has 4 aromatic carbocycles. The Hall–Kier alpha value is -5.36. The SMILES string of the molecule is C=C(C)/C=C\C(=C)Oc1cccc(NC)c1.CC.CC.Cc1ccc(Oc2cccc(NC(=O)CC(C)C)c2)cc1.O=Cc1ccccc1. The number of anilines is 2. The zero-order valence-corrected chi connectivity index (χ0v) is 30.9. The van der Waals surface area contributed by atoms with Gasteiger partial charge >= 0.3 is 0 Å². The number of benzene rings is 4. The summed E-state index contributed by atoms with van der Waals surface area (Å²) in [5, 5.41) is 5.94. The van der Waals surface area contributed by atoms with Crippen LogP contribution in [0.15, 0.2) is 140 Å². The summed E-state index contributed by atoms with van der Waals surface area (Å²) in [5.74, 6) is 3.22. The van der Waals surface area contributed by atoms with Crippen molar-refractivity contribution >= 4 is 23.6 Å². The Bertz CT molecular complexity index is 1540. The third-order valence-electron chi connectivity index (χ3n) is 5.83. The molecule has 0 spiro atoms. The lowest BCUT2D eigenvalue weighted by Crippen LogP contribution is -2.13. The lowest BCUT2D eigenvalue weighted by atomic mass is 10.1. The van der Waals surface area contributed by atoms with Crippen LogP contribution in [0.5, 0.6) is 17.2 Å². The second-order valence-corrected chi connectivity index (χ2v) is 10.6. The van der Waals surface area contributed by atoms with Gasteiger partial charge in [0.15, 0.2) is 0 Å². The summed E-state index contributed by atoms with van der Waals surface area (Å²) in [4.78, 5) is 21.8. The van der Waals surface area contributed by atoms with Gasteiger partial charge < -0.3 is 20.1 Å². The molecule has 0 bridgehead atoms. The molecule has 0 radical (unpaired) electrons. The van der Waals surface area contributed by atoms with Crippen molar-refractivity contribution in [3.05, 3.63) is 151 Å². The van der Waals surface area contributed by atoms with Gasteiger partial charge in [-0.1, -0.05) is 127 Å². The third kappa shape index (κ3) is 21.2. The van der Waals surface area contributed by atoms with E-state index in [0.29, 0.717) is 23.8 Å². The smallest absolute Gasteiger partial charge is 0.224 e. The number of hydrogen-bond acceptors (Lipinski definition) is 5. The predicted molar refractivity (Wildman–Crippen MR) is 210 cm³/mol.